The molecule has 0 atom stereocenters. The van der Waals surface area contributed by atoms with Gasteiger partial charge in [0.05, 0.1) is 12.1 Å². The van der Waals surface area contributed by atoms with Crippen molar-refractivity contribution < 1.29 is 4.52 Å². The van der Waals surface area contributed by atoms with Crippen molar-refractivity contribution >= 4 is 5.82 Å². The van der Waals surface area contributed by atoms with E-state index in [9.17, 15) is 0 Å². The summed E-state index contributed by atoms with van der Waals surface area (Å²) in [5.74, 6) is 1.41. The highest BCUT2D eigenvalue weighted by Crippen LogP contribution is 2.20. The van der Waals surface area contributed by atoms with Crippen molar-refractivity contribution in [2.24, 2.45) is 0 Å². The van der Waals surface area contributed by atoms with Gasteiger partial charge < -0.3 is 9.84 Å². The van der Waals surface area contributed by atoms with Crippen LogP contribution in [0.3, 0.4) is 0 Å². The summed E-state index contributed by atoms with van der Waals surface area (Å²) in [6.07, 6.45) is 1.53. The molecule has 0 unspecified atom stereocenters. The molecule has 5 nitrogen and oxygen atoms in total. The van der Waals surface area contributed by atoms with Crippen LogP contribution in [0.15, 0.2) is 53.2 Å². The fourth-order valence-electron chi connectivity index (χ4n) is 2.00. The highest BCUT2D eigenvalue weighted by molar-refractivity contribution is 5.59. The van der Waals surface area contributed by atoms with E-state index in [4.69, 9.17) is 9.78 Å². The summed E-state index contributed by atoms with van der Waals surface area (Å²) >= 11 is 0. The minimum atomic E-state index is 0.484. The third-order valence-corrected chi connectivity index (χ3v) is 3.24. The highest BCUT2D eigenvalue weighted by atomic mass is 16.5. The zero-order valence-electron chi connectivity index (χ0n) is 12.1. The molecule has 0 radical (unpaired) electrons. The molecule has 2 aromatic heterocycles. The summed E-state index contributed by atoms with van der Waals surface area (Å²) in [4.78, 5) is 4.14. The molecule has 0 spiro atoms. The maximum absolute atomic E-state index is 8.73. The monoisotopic (exact) mass is 290 g/mol. The number of hydrogen-bond acceptors (Lipinski definition) is 5. The van der Waals surface area contributed by atoms with Crippen LogP contribution in [-0.2, 0) is 6.54 Å². The Kier molecular flexibility index (Phi) is 3.84. The van der Waals surface area contributed by atoms with Gasteiger partial charge in [0.25, 0.3) is 0 Å². The average molecular weight is 290 g/mol. The lowest BCUT2D eigenvalue weighted by atomic mass is 10.1. The van der Waals surface area contributed by atoms with Crippen molar-refractivity contribution in [2.45, 2.75) is 13.5 Å². The summed E-state index contributed by atoms with van der Waals surface area (Å²) in [7, 11) is 0. The lowest BCUT2D eigenvalue weighted by molar-refractivity contribution is 0.390. The van der Waals surface area contributed by atoms with E-state index in [-0.39, 0.29) is 0 Å². The van der Waals surface area contributed by atoms with Crippen LogP contribution in [0.25, 0.3) is 11.3 Å². The fourth-order valence-corrected chi connectivity index (χ4v) is 2.00. The summed E-state index contributed by atoms with van der Waals surface area (Å²) in [6.45, 7) is 2.53. The molecular formula is C17H14N4O. The van der Waals surface area contributed by atoms with E-state index in [1.54, 1.807) is 12.1 Å². The Morgan fingerprint density at radius 2 is 2.00 bits per heavy atom. The van der Waals surface area contributed by atoms with Crippen molar-refractivity contribution in [3.05, 3.63) is 65.5 Å². The maximum Gasteiger partial charge on any atom is 0.156 e. The molecule has 1 aromatic carbocycles. The number of pyridine rings is 1. The molecule has 0 fully saturated rings. The molecule has 0 aliphatic carbocycles. The van der Waals surface area contributed by atoms with Gasteiger partial charge in [-0.2, -0.15) is 5.26 Å². The van der Waals surface area contributed by atoms with Crippen LogP contribution in [0.1, 0.15) is 16.9 Å². The van der Waals surface area contributed by atoms with E-state index in [0.717, 1.165) is 17.0 Å². The van der Waals surface area contributed by atoms with E-state index in [0.29, 0.717) is 17.9 Å². The van der Waals surface area contributed by atoms with Crippen molar-refractivity contribution in [3.8, 4) is 17.3 Å². The second-order valence-corrected chi connectivity index (χ2v) is 4.94. The lowest BCUT2D eigenvalue weighted by Crippen LogP contribution is -2.00. The summed E-state index contributed by atoms with van der Waals surface area (Å²) in [5.41, 5.74) is 3.58. The van der Waals surface area contributed by atoms with Crippen LogP contribution < -0.4 is 5.32 Å². The molecule has 0 amide bonds. The molecule has 3 aromatic rings. The molecule has 0 saturated heterocycles. The van der Waals surface area contributed by atoms with Crippen LogP contribution in [0.5, 0.6) is 0 Å². The molecule has 0 aliphatic heterocycles. The minimum Gasteiger partial charge on any atom is -0.363 e. The Balaban J connectivity index is 1.66. The Bertz CT molecular complexity index is 798. The second kappa shape index (κ2) is 6.10. The molecular weight excluding hydrogens is 276 g/mol. The maximum atomic E-state index is 8.73. The van der Waals surface area contributed by atoms with Gasteiger partial charge in [0.2, 0.25) is 0 Å². The molecule has 0 bridgehead atoms. The lowest BCUT2D eigenvalue weighted by Gasteiger charge is -2.01. The van der Waals surface area contributed by atoms with Gasteiger partial charge >= 0.3 is 0 Å². The fraction of sp³-hybridized carbons (Fsp3) is 0.118. The average Bonchev–Trinajstić information content (AvgIpc) is 3.03. The van der Waals surface area contributed by atoms with Crippen molar-refractivity contribution in [1.82, 2.24) is 10.1 Å². The van der Waals surface area contributed by atoms with Gasteiger partial charge in [-0.1, -0.05) is 35.0 Å². The number of rotatable bonds is 4. The number of anilines is 1. The number of nitriles is 1. The second-order valence-electron chi connectivity index (χ2n) is 4.94. The first-order chi connectivity index (χ1) is 10.7. The van der Waals surface area contributed by atoms with Gasteiger partial charge in [0.1, 0.15) is 17.6 Å². The van der Waals surface area contributed by atoms with E-state index in [1.807, 2.05) is 43.3 Å². The predicted octanol–water partition coefficient (Wildman–Crippen LogP) is 3.53. The third-order valence-electron chi connectivity index (χ3n) is 3.24. The highest BCUT2D eigenvalue weighted by Gasteiger charge is 2.06. The molecule has 22 heavy (non-hydrogen) atoms. The van der Waals surface area contributed by atoms with Gasteiger partial charge in [-0.15, -0.1) is 0 Å². The number of aryl methyl sites for hydroxylation is 1. The smallest absolute Gasteiger partial charge is 0.156 e. The topological polar surface area (TPSA) is 74.7 Å². The van der Waals surface area contributed by atoms with E-state index in [2.05, 4.69) is 15.5 Å². The first-order valence-corrected chi connectivity index (χ1v) is 6.87. The van der Waals surface area contributed by atoms with Crippen LogP contribution >= 0.6 is 0 Å². The molecule has 3 rings (SSSR count). The standard InChI is InChI=1S/C17H14N4O/c1-12-2-5-14(6-3-12)16-8-15(22-21-16)11-20-17-7-4-13(9-18)10-19-17/h2-8,10H,11H2,1H3,(H,19,20). The van der Waals surface area contributed by atoms with Gasteiger partial charge in [-0.3, -0.25) is 0 Å². The Hall–Kier alpha value is -3.13. The van der Waals surface area contributed by atoms with Gasteiger partial charge in [-0.05, 0) is 19.1 Å². The number of nitrogens with zero attached hydrogens (tertiary/aromatic N) is 3. The summed E-state index contributed by atoms with van der Waals surface area (Å²) < 4.78 is 5.32. The number of hydrogen-bond donors (Lipinski definition) is 1. The Morgan fingerprint density at radius 3 is 2.68 bits per heavy atom. The van der Waals surface area contributed by atoms with Gasteiger partial charge in [0, 0.05) is 17.8 Å². The van der Waals surface area contributed by atoms with Gasteiger partial charge in [0.15, 0.2) is 5.76 Å². The molecule has 5 heteroatoms. The first-order valence-electron chi connectivity index (χ1n) is 6.87. The van der Waals surface area contributed by atoms with Crippen molar-refractivity contribution in [3.63, 3.8) is 0 Å². The first kappa shape index (κ1) is 13.8. The number of benzene rings is 1. The zero-order chi connectivity index (χ0) is 15.4. The SMILES string of the molecule is Cc1ccc(-c2cc(CNc3ccc(C#N)cn3)on2)cc1. The van der Waals surface area contributed by atoms with Crippen LogP contribution in [0.4, 0.5) is 5.82 Å². The minimum absolute atomic E-state index is 0.484. The number of aromatic nitrogens is 2. The van der Waals surface area contributed by atoms with E-state index >= 15 is 0 Å². The normalized spacial score (nSPS) is 10.2. The third kappa shape index (κ3) is 3.13. The van der Waals surface area contributed by atoms with E-state index < -0.39 is 0 Å². The van der Waals surface area contributed by atoms with Crippen LogP contribution in [0.2, 0.25) is 0 Å². The molecule has 0 saturated carbocycles. The Labute approximate surface area is 128 Å². The largest absolute Gasteiger partial charge is 0.363 e. The molecule has 1 N–H and O–H groups in total. The molecule has 2 heterocycles. The zero-order valence-corrected chi connectivity index (χ0v) is 12.1. The Morgan fingerprint density at radius 1 is 1.18 bits per heavy atom. The number of nitrogens with one attached hydrogen (secondary N) is 1. The van der Waals surface area contributed by atoms with Crippen LogP contribution in [-0.4, -0.2) is 10.1 Å². The summed E-state index contributed by atoms with van der Waals surface area (Å²) in [5, 5.41) is 15.9. The van der Waals surface area contributed by atoms with Gasteiger partial charge in [-0.25, -0.2) is 4.98 Å². The van der Waals surface area contributed by atoms with E-state index in [1.165, 1.54) is 11.8 Å². The summed E-state index contributed by atoms with van der Waals surface area (Å²) in [6, 6.07) is 15.5. The quantitative estimate of drug-likeness (QED) is 0.795. The van der Waals surface area contributed by atoms with Crippen LogP contribution in [0, 0.1) is 18.3 Å². The predicted molar refractivity (Wildman–Crippen MR) is 83.0 cm³/mol. The molecule has 108 valence electrons. The molecule has 0 aliphatic rings. The van der Waals surface area contributed by atoms with Crippen molar-refractivity contribution in [2.75, 3.05) is 5.32 Å². The van der Waals surface area contributed by atoms with Crippen molar-refractivity contribution in [1.29, 1.82) is 5.26 Å².